The fourth-order valence-electron chi connectivity index (χ4n) is 1.88. The Kier molecular flexibility index (Phi) is 3.32. The van der Waals surface area contributed by atoms with E-state index in [0.29, 0.717) is 17.4 Å². The molecule has 0 aliphatic rings. The molecule has 0 aliphatic heterocycles. The SMILES string of the molecule is Oc1cccc2cc(COc3cccc(Cl)c3)sc12. The highest BCUT2D eigenvalue weighted by Gasteiger charge is 2.06. The Balaban J connectivity index is 1.80. The molecule has 0 bridgehead atoms. The Bertz CT molecular complexity index is 721. The molecule has 4 heteroatoms. The van der Waals surface area contributed by atoms with E-state index in [1.54, 1.807) is 12.1 Å². The van der Waals surface area contributed by atoms with Crippen LogP contribution in [-0.2, 0) is 6.61 Å². The van der Waals surface area contributed by atoms with Crippen molar-refractivity contribution in [2.45, 2.75) is 6.61 Å². The molecule has 0 amide bonds. The molecule has 1 heterocycles. The predicted molar refractivity (Wildman–Crippen MR) is 79.3 cm³/mol. The Morgan fingerprint density at radius 2 is 1.95 bits per heavy atom. The monoisotopic (exact) mass is 290 g/mol. The van der Waals surface area contributed by atoms with Crippen LogP contribution in [0, 0.1) is 0 Å². The summed E-state index contributed by atoms with van der Waals surface area (Å²) in [6, 6.07) is 14.9. The number of thiophene rings is 1. The molecule has 0 saturated heterocycles. The molecule has 3 rings (SSSR count). The number of halogens is 1. The van der Waals surface area contributed by atoms with Crippen molar-refractivity contribution in [3.63, 3.8) is 0 Å². The first-order valence-corrected chi connectivity index (χ1v) is 7.00. The molecule has 0 aliphatic carbocycles. The van der Waals surface area contributed by atoms with Crippen LogP contribution in [0.15, 0.2) is 48.5 Å². The molecule has 0 atom stereocenters. The zero-order valence-electron chi connectivity index (χ0n) is 9.97. The molecule has 0 saturated carbocycles. The Labute approximate surface area is 119 Å². The lowest BCUT2D eigenvalue weighted by atomic mass is 10.2. The van der Waals surface area contributed by atoms with E-state index < -0.39 is 0 Å². The average molecular weight is 291 g/mol. The van der Waals surface area contributed by atoms with Crippen LogP contribution in [-0.4, -0.2) is 5.11 Å². The second kappa shape index (κ2) is 5.11. The summed E-state index contributed by atoms with van der Waals surface area (Å²) in [6.07, 6.45) is 0. The standard InChI is InChI=1S/C15H11ClO2S/c16-11-4-2-5-12(8-11)18-9-13-7-10-3-1-6-14(17)15(10)19-13/h1-8,17H,9H2. The van der Waals surface area contributed by atoms with Gasteiger partial charge in [-0.05, 0) is 35.7 Å². The van der Waals surface area contributed by atoms with E-state index in [-0.39, 0.29) is 0 Å². The molecule has 2 nitrogen and oxygen atoms in total. The van der Waals surface area contributed by atoms with E-state index in [0.717, 1.165) is 20.7 Å². The number of phenolic OH excluding ortho intramolecular Hbond substituents is 1. The molecule has 1 aromatic heterocycles. The zero-order chi connectivity index (χ0) is 13.2. The van der Waals surface area contributed by atoms with Crippen LogP contribution < -0.4 is 4.74 Å². The highest BCUT2D eigenvalue weighted by Crippen LogP contribution is 2.33. The molecule has 0 fully saturated rings. The third-order valence-electron chi connectivity index (χ3n) is 2.75. The van der Waals surface area contributed by atoms with Crippen LogP contribution in [0.3, 0.4) is 0 Å². The lowest BCUT2D eigenvalue weighted by molar-refractivity contribution is 0.310. The number of fused-ring (bicyclic) bond motifs is 1. The molecule has 0 radical (unpaired) electrons. The van der Waals surface area contributed by atoms with Gasteiger partial charge in [0.25, 0.3) is 0 Å². The predicted octanol–water partition coefficient (Wildman–Crippen LogP) is 4.84. The van der Waals surface area contributed by atoms with E-state index in [1.165, 1.54) is 11.3 Å². The van der Waals surface area contributed by atoms with Gasteiger partial charge >= 0.3 is 0 Å². The summed E-state index contributed by atoms with van der Waals surface area (Å²) in [5.74, 6) is 1.06. The largest absolute Gasteiger partial charge is 0.506 e. The maximum Gasteiger partial charge on any atom is 0.133 e. The fourth-order valence-corrected chi connectivity index (χ4v) is 3.05. The Hall–Kier alpha value is -1.71. The van der Waals surface area contributed by atoms with E-state index in [9.17, 15) is 5.11 Å². The van der Waals surface area contributed by atoms with Crippen LogP contribution in [0.2, 0.25) is 5.02 Å². The minimum absolute atomic E-state index is 0.316. The van der Waals surface area contributed by atoms with Crippen LogP contribution >= 0.6 is 22.9 Å². The molecular formula is C15H11ClO2S. The normalized spacial score (nSPS) is 10.8. The summed E-state index contributed by atoms with van der Waals surface area (Å²) < 4.78 is 6.58. The number of ether oxygens (including phenoxy) is 1. The smallest absolute Gasteiger partial charge is 0.133 e. The van der Waals surface area contributed by atoms with Crippen molar-refractivity contribution < 1.29 is 9.84 Å². The van der Waals surface area contributed by atoms with Crippen molar-refractivity contribution in [1.82, 2.24) is 0 Å². The van der Waals surface area contributed by atoms with Gasteiger partial charge in [0.05, 0.1) is 4.70 Å². The second-order valence-electron chi connectivity index (χ2n) is 4.15. The van der Waals surface area contributed by atoms with Crippen LogP contribution in [0.25, 0.3) is 10.1 Å². The van der Waals surface area contributed by atoms with Crippen molar-refractivity contribution in [3.05, 3.63) is 58.4 Å². The van der Waals surface area contributed by atoms with Gasteiger partial charge in [-0.3, -0.25) is 0 Å². The summed E-state index contributed by atoms with van der Waals surface area (Å²) in [4.78, 5) is 1.07. The quantitative estimate of drug-likeness (QED) is 0.748. The molecule has 3 aromatic rings. The summed E-state index contributed by atoms with van der Waals surface area (Å²) in [5.41, 5.74) is 0. The van der Waals surface area contributed by atoms with Crippen LogP contribution in [0.1, 0.15) is 4.88 Å². The van der Waals surface area contributed by atoms with Gasteiger partial charge in [-0.25, -0.2) is 0 Å². The number of hydrogen-bond donors (Lipinski definition) is 1. The first-order chi connectivity index (χ1) is 9.22. The first-order valence-electron chi connectivity index (χ1n) is 5.81. The molecule has 19 heavy (non-hydrogen) atoms. The minimum atomic E-state index is 0.316. The summed E-state index contributed by atoms with van der Waals surface area (Å²) >= 11 is 7.44. The maximum absolute atomic E-state index is 9.76. The van der Waals surface area contributed by atoms with Gasteiger partial charge in [-0.2, -0.15) is 0 Å². The molecule has 2 aromatic carbocycles. The number of hydrogen-bond acceptors (Lipinski definition) is 3. The zero-order valence-corrected chi connectivity index (χ0v) is 11.5. The van der Waals surface area contributed by atoms with Gasteiger partial charge in [-0.1, -0.05) is 29.8 Å². The van der Waals surface area contributed by atoms with Gasteiger partial charge in [-0.15, -0.1) is 11.3 Å². The third-order valence-corrected chi connectivity index (χ3v) is 4.13. The van der Waals surface area contributed by atoms with Crippen LogP contribution in [0.5, 0.6) is 11.5 Å². The molecule has 0 spiro atoms. The fraction of sp³-hybridized carbons (Fsp3) is 0.0667. The topological polar surface area (TPSA) is 29.5 Å². The lowest BCUT2D eigenvalue weighted by Crippen LogP contribution is -1.92. The Morgan fingerprint density at radius 3 is 2.74 bits per heavy atom. The molecular weight excluding hydrogens is 280 g/mol. The number of aromatic hydroxyl groups is 1. The van der Waals surface area contributed by atoms with E-state index in [4.69, 9.17) is 16.3 Å². The van der Waals surface area contributed by atoms with E-state index >= 15 is 0 Å². The molecule has 1 N–H and O–H groups in total. The van der Waals surface area contributed by atoms with Gasteiger partial charge in [0, 0.05) is 9.90 Å². The van der Waals surface area contributed by atoms with Gasteiger partial charge < -0.3 is 9.84 Å². The van der Waals surface area contributed by atoms with Crippen LogP contribution in [0.4, 0.5) is 0 Å². The number of rotatable bonds is 3. The summed E-state index contributed by atoms with van der Waals surface area (Å²) in [6.45, 7) is 0.471. The second-order valence-corrected chi connectivity index (χ2v) is 5.73. The molecule has 96 valence electrons. The van der Waals surface area contributed by atoms with Gasteiger partial charge in [0.1, 0.15) is 18.1 Å². The first kappa shape index (κ1) is 12.3. The lowest BCUT2D eigenvalue weighted by Gasteiger charge is -2.04. The van der Waals surface area contributed by atoms with Crippen molar-refractivity contribution in [2.75, 3.05) is 0 Å². The average Bonchev–Trinajstić information content (AvgIpc) is 2.81. The van der Waals surface area contributed by atoms with Crippen molar-refractivity contribution in [3.8, 4) is 11.5 Å². The molecule has 0 unspecified atom stereocenters. The number of phenols is 1. The van der Waals surface area contributed by atoms with Crippen molar-refractivity contribution in [2.24, 2.45) is 0 Å². The number of benzene rings is 2. The van der Waals surface area contributed by atoms with Crippen molar-refractivity contribution in [1.29, 1.82) is 0 Å². The maximum atomic E-state index is 9.76. The van der Waals surface area contributed by atoms with E-state index in [2.05, 4.69) is 0 Å². The van der Waals surface area contributed by atoms with Gasteiger partial charge in [0.15, 0.2) is 0 Å². The van der Waals surface area contributed by atoms with E-state index in [1.807, 2.05) is 36.4 Å². The highest BCUT2D eigenvalue weighted by atomic mass is 35.5. The summed E-state index contributed by atoms with van der Waals surface area (Å²) in [5, 5.41) is 11.5. The Morgan fingerprint density at radius 1 is 1.11 bits per heavy atom. The third kappa shape index (κ3) is 2.67. The van der Waals surface area contributed by atoms with Crippen molar-refractivity contribution >= 4 is 33.0 Å². The summed E-state index contributed by atoms with van der Waals surface area (Å²) in [7, 11) is 0. The van der Waals surface area contributed by atoms with Gasteiger partial charge in [0.2, 0.25) is 0 Å². The highest BCUT2D eigenvalue weighted by molar-refractivity contribution is 7.19. The minimum Gasteiger partial charge on any atom is -0.506 e.